The third-order valence-corrected chi connectivity index (χ3v) is 7.10. The van der Waals surface area contributed by atoms with Crippen LogP contribution in [0.4, 0.5) is 17.1 Å². The Balaban J connectivity index is 1.60. The number of rotatable bonds is 6. The van der Waals surface area contributed by atoms with Crippen LogP contribution in [0.2, 0.25) is 5.02 Å². The van der Waals surface area contributed by atoms with Crippen molar-refractivity contribution in [1.82, 2.24) is 0 Å². The molecule has 5 nitrogen and oxygen atoms in total. The zero-order chi connectivity index (χ0) is 24.7. The fourth-order valence-corrected chi connectivity index (χ4v) is 5.27. The molecule has 6 rings (SSSR count). The summed E-state index contributed by atoms with van der Waals surface area (Å²) in [6.45, 7) is 2.93. The highest BCUT2D eigenvalue weighted by Crippen LogP contribution is 2.57. The Morgan fingerprint density at radius 2 is 1.47 bits per heavy atom. The van der Waals surface area contributed by atoms with Gasteiger partial charge in [-0.05, 0) is 36.8 Å². The smallest absolute Gasteiger partial charge is 0.342 e. The summed E-state index contributed by atoms with van der Waals surface area (Å²) in [4.78, 5) is 13.8. The number of hydrogen-bond acceptors (Lipinski definition) is 5. The molecule has 0 radical (unpaired) electrons. The first kappa shape index (κ1) is 22.5. The highest BCUT2D eigenvalue weighted by molar-refractivity contribution is 6.33. The van der Waals surface area contributed by atoms with Crippen LogP contribution in [-0.4, -0.2) is 12.5 Å². The second-order valence-corrected chi connectivity index (χ2v) is 9.37. The third-order valence-electron chi connectivity index (χ3n) is 6.77. The van der Waals surface area contributed by atoms with E-state index < -0.39 is 11.6 Å². The van der Waals surface area contributed by atoms with Gasteiger partial charge < -0.3 is 20.1 Å². The van der Waals surface area contributed by atoms with Crippen molar-refractivity contribution >= 4 is 34.6 Å². The highest BCUT2D eigenvalue weighted by atomic mass is 35.5. The van der Waals surface area contributed by atoms with Crippen LogP contribution < -0.4 is 15.4 Å². The van der Waals surface area contributed by atoms with Gasteiger partial charge in [-0.3, -0.25) is 0 Å². The number of carbonyl (C=O) groups is 1. The maximum absolute atomic E-state index is 13.8. The SMILES string of the molecule is CCCCNc1ccc2c(c1Nc1ccccc1Cl)C(=O)OC21c2ccccc2Oc2ccccc21. The van der Waals surface area contributed by atoms with Gasteiger partial charge in [-0.15, -0.1) is 0 Å². The number of para-hydroxylation sites is 3. The maximum Gasteiger partial charge on any atom is 0.342 e. The van der Waals surface area contributed by atoms with Crippen LogP contribution in [0.3, 0.4) is 0 Å². The van der Waals surface area contributed by atoms with Gasteiger partial charge in [0, 0.05) is 23.2 Å². The van der Waals surface area contributed by atoms with Crippen molar-refractivity contribution in [3.63, 3.8) is 0 Å². The average molecular weight is 497 g/mol. The van der Waals surface area contributed by atoms with Crippen LogP contribution in [0, 0.1) is 0 Å². The number of esters is 1. The Morgan fingerprint density at radius 3 is 2.17 bits per heavy atom. The lowest BCUT2D eigenvalue weighted by atomic mass is 9.77. The Labute approximate surface area is 215 Å². The summed E-state index contributed by atoms with van der Waals surface area (Å²) in [7, 11) is 0. The molecule has 180 valence electrons. The van der Waals surface area contributed by atoms with E-state index in [9.17, 15) is 4.79 Å². The van der Waals surface area contributed by atoms with Crippen molar-refractivity contribution in [3.05, 3.63) is 112 Å². The molecule has 0 atom stereocenters. The Bertz CT molecular complexity index is 1440. The summed E-state index contributed by atoms with van der Waals surface area (Å²) in [5.41, 5.74) is 3.93. The molecule has 0 aromatic heterocycles. The van der Waals surface area contributed by atoms with Gasteiger partial charge in [-0.1, -0.05) is 79.5 Å². The summed E-state index contributed by atoms with van der Waals surface area (Å²) < 4.78 is 12.6. The zero-order valence-corrected chi connectivity index (χ0v) is 20.6. The lowest BCUT2D eigenvalue weighted by Gasteiger charge is -2.36. The van der Waals surface area contributed by atoms with Crippen LogP contribution >= 0.6 is 11.6 Å². The second-order valence-electron chi connectivity index (χ2n) is 8.96. The van der Waals surface area contributed by atoms with E-state index in [1.807, 2.05) is 84.9 Å². The van der Waals surface area contributed by atoms with E-state index in [1.165, 1.54) is 0 Å². The predicted octanol–water partition coefficient (Wildman–Crippen LogP) is 7.86. The number of unbranched alkanes of at least 4 members (excludes halogenated alkanes) is 1. The fourth-order valence-electron chi connectivity index (χ4n) is 5.08. The van der Waals surface area contributed by atoms with Gasteiger partial charge in [0.2, 0.25) is 0 Å². The van der Waals surface area contributed by atoms with E-state index in [1.54, 1.807) is 0 Å². The van der Waals surface area contributed by atoms with Gasteiger partial charge in [-0.2, -0.15) is 0 Å². The number of anilines is 3. The van der Waals surface area contributed by atoms with E-state index in [0.29, 0.717) is 33.5 Å². The third kappa shape index (κ3) is 3.42. The Morgan fingerprint density at radius 1 is 0.806 bits per heavy atom. The summed E-state index contributed by atoms with van der Waals surface area (Å²) in [5.74, 6) is 0.940. The van der Waals surface area contributed by atoms with Gasteiger partial charge in [0.1, 0.15) is 11.5 Å². The van der Waals surface area contributed by atoms with Crippen LogP contribution in [0.1, 0.15) is 46.8 Å². The number of nitrogens with one attached hydrogen (secondary N) is 2. The van der Waals surface area contributed by atoms with E-state index >= 15 is 0 Å². The summed E-state index contributed by atoms with van der Waals surface area (Å²) >= 11 is 6.50. The van der Waals surface area contributed by atoms with Gasteiger partial charge in [0.25, 0.3) is 0 Å². The van der Waals surface area contributed by atoms with Crippen LogP contribution in [-0.2, 0) is 10.3 Å². The minimum atomic E-state index is -1.11. The number of halogens is 1. The minimum Gasteiger partial charge on any atom is -0.456 e. The molecule has 0 unspecified atom stereocenters. The first-order valence-electron chi connectivity index (χ1n) is 12.2. The van der Waals surface area contributed by atoms with Gasteiger partial charge in [-0.25, -0.2) is 4.79 Å². The fraction of sp³-hybridized carbons (Fsp3) is 0.167. The van der Waals surface area contributed by atoms with E-state index in [-0.39, 0.29) is 0 Å². The van der Waals surface area contributed by atoms with Crippen molar-refractivity contribution in [2.24, 2.45) is 0 Å². The van der Waals surface area contributed by atoms with Gasteiger partial charge in [0.15, 0.2) is 5.60 Å². The van der Waals surface area contributed by atoms with E-state index in [0.717, 1.165) is 41.8 Å². The molecule has 0 aliphatic carbocycles. The lowest BCUT2D eigenvalue weighted by Crippen LogP contribution is -2.32. The van der Waals surface area contributed by atoms with Gasteiger partial charge in [0.05, 0.1) is 27.6 Å². The predicted molar refractivity (Wildman–Crippen MR) is 143 cm³/mol. The van der Waals surface area contributed by atoms with Crippen molar-refractivity contribution in [3.8, 4) is 11.5 Å². The van der Waals surface area contributed by atoms with Crippen LogP contribution in [0.25, 0.3) is 0 Å². The number of carbonyl (C=O) groups excluding carboxylic acids is 1. The molecule has 2 heterocycles. The highest BCUT2D eigenvalue weighted by Gasteiger charge is 2.54. The molecule has 0 saturated carbocycles. The average Bonchev–Trinajstić information content (AvgIpc) is 3.19. The van der Waals surface area contributed by atoms with Crippen LogP contribution in [0.5, 0.6) is 11.5 Å². The second kappa shape index (κ2) is 8.92. The molecule has 0 bridgehead atoms. The molecule has 4 aromatic rings. The van der Waals surface area contributed by atoms with Crippen molar-refractivity contribution in [2.75, 3.05) is 17.2 Å². The van der Waals surface area contributed by atoms with Crippen molar-refractivity contribution in [1.29, 1.82) is 0 Å². The molecular formula is C30H25ClN2O3. The monoisotopic (exact) mass is 496 g/mol. The number of hydrogen-bond donors (Lipinski definition) is 2. The molecule has 0 fully saturated rings. The number of ether oxygens (including phenoxy) is 2. The Kier molecular flexibility index (Phi) is 5.57. The quantitative estimate of drug-likeness (QED) is 0.210. The molecule has 36 heavy (non-hydrogen) atoms. The molecular weight excluding hydrogens is 472 g/mol. The molecule has 0 amide bonds. The molecule has 1 spiro atoms. The standard InChI is InChI=1S/C30H25ClN2O3/c1-2-3-18-32-24-17-16-21-27(28(24)33-23-13-7-6-12-22(23)31)29(34)36-30(21)19-10-4-8-14-25(19)35-26-15-9-5-11-20(26)30/h4-17,32-33H,2-3,18H2,1H3. The van der Waals surface area contributed by atoms with Crippen LogP contribution in [0.15, 0.2) is 84.9 Å². The molecule has 2 aliphatic heterocycles. The number of fused-ring (bicyclic) bond motifs is 6. The Hall–Kier alpha value is -3.96. The summed E-state index contributed by atoms with van der Waals surface area (Å²) in [5, 5.41) is 7.50. The van der Waals surface area contributed by atoms with Gasteiger partial charge >= 0.3 is 5.97 Å². The maximum atomic E-state index is 13.8. The summed E-state index contributed by atoms with van der Waals surface area (Å²) in [6.07, 6.45) is 2.07. The first-order chi connectivity index (χ1) is 17.6. The minimum absolute atomic E-state index is 0.398. The largest absolute Gasteiger partial charge is 0.456 e. The molecule has 2 N–H and O–H groups in total. The molecule has 2 aliphatic rings. The first-order valence-corrected chi connectivity index (χ1v) is 12.5. The molecule has 4 aromatic carbocycles. The molecule has 6 heteroatoms. The normalized spacial score (nSPS) is 14.3. The zero-order valence-electron chi connectivity index (χ0n) is 19.8. The number of benzene rings is 4. The summed E-state index contributed by atoms with van der Waals surface area (Å²) in [6, 6.07) is 27.0. The van der Waals surface area contributed by atoms with E-state index in [2.05, 4.69) is 17.6 Å². The van der Waals surface area contributed by atoms with Crippen molar-refractivity contribution < 1.29 is 14.3 Å². The molecule has 0 saturated heterocycles. The van der Waals surface area contributed by atoms with Crippen molar-refractivity contribution in [2.45, 2.75) is 25.4 Å². The lowest BCUT2D eigenvalue weighted by molar-refractivity contribution is 0.0225. The topological polar surface area (TPSA) is 59.6 Å². The van der Waals surface area contributed by atoms with E-state index in [4.69, 9.17) is 21.1 Å².